The summed E-state index contributed by atoms with van der Waals surface area (Å²) in [5.74, 6) is 0. The lowest BCUT2D eigenvalue weighted by atomic mass is 9.89. The van der Waals surface area contributed by atoms with E-state index in [1.807, 2.05) is 44.9 Å². The summed E-state index contributed by atoms with van der Waals surface area (Å²) >= 11 is 0. The van der Waals surface area contributed by atoms with Crippen LogP contribution in [0.2, 0.25) is 0 Å². The van der Waals surface area contributed by atoms with Crippen LogP contribution in [-0.4, -0.2) is 45.0 Å². The summed E-state index contributed by atoms with van der Waals surface area (Å²) in [5, 5.41) is 7.78. The monoisotopic (exact) mass is 308 g/mol. The van der Waals surface area contributed by atoms with E-state index in [2.05, 4.69) is 17.3 Å². The van der Waals surface area contributed by atoms with Gasteiger partial charge in [0.2, 0.25) is 0 Å². The maximum absolute atomic E-state index is 12.1. The lowest BCUT2D eigenvalue weighted by molar-refractivity contribution is 0.0157. The predicted molar refractivity (Wildman–Crippen MR) is 85.5 cm³/mol. The van der Waals surface area contributed by atoms with Gasteiger partial charge >= 0.3 is 6.09 Å². The Hall–Kier alpha value is -1.56. The number of ether oxygens (including phenoxy) is 1. The Balaban J connectivity index is 1.81. The molecule has 1 saturated heterocycles. The third-order valence-corrected chi connectivity index (χ3v) is 4.00. The van der Waals surface area contributed by atoms with Gasteiger partial charge in [0, 0.05) is 44.0 Å². The Bertz CT molecular complexity index is 510. The summed E-state index contributed by atoms with van der Waals surface area (Å²) in [6, 6.07) is 0. The number of nitrogens with zero attached hydrogens (tertiary/aromatic N) is 3. The second-order valence-corrected chi connectivity index (χ2v) is 7.40. The van der Waals surface area contributed by atoms with Crippen LogP contribution in [0, 0.1) is 0 Å². The minimum atomic E-state index is -0.434. The predicted octanol–water partition coefficient (Wildman–Crippen LogP) is 2.30. The van der Waals surface area contributed by atoms with Crippen LogP contribution in [0.1, 0.15) is 46.1 Å². The van der Waals surface area contributed by atoms with Gasteiger partial charge in [0.1, 0.15) is 5.60 Å². The second kappa shape index (κ2) is 6.28. The van der Waals surface area contributed by atoms with Gasteiger partial charge in [-0.05, 0) is 40.5 Å². The Labute approximate surface area is 132 Å². The molecular formula is C16H28N4O2. The lowest BCUT2D eigenvalue weighted by Gasteiger charge is -2.40. The van der Waals surface area contributed by atoms with Crippen LogP contribution in [-0.2, 0) is 18.3 Å². The van der Waals surface area contributed by atoms with Gasteiger partial charge in [-0.15, -0.1) is 0 Å². The van der Waals surface area contributed by atoms with Gasteiger partial charge in [0.25, 0.3) is 0 Å². The van der Waals surface area contributed by atoms with Crippen molar-refractivity contribution in [1.82, 2.24) is 20.0 Å². The largest absolute Gasteiger partial charge is 0.444 e. The van der Waals surface area contributed by atoms with Crippen LogP contribution >= 0.6 is 0 Å². The first-order valence-electron chi connectivity index (χ1n) is 7.87. The molecule has 22 heavy (non-hydrogen) atoms. The average molecular weight is 308 g/mol. The molecular weight excluding hydrogens is 280 g/mol. The van der Waals surface area contributed by atoms with Crippen LogP contribution < -0.4 is 5.32 Å². The van der Waals surface area contributed by atoms with Crippen molar-refractivity contribution in [3.63, 3.8) is 0 Å². The molecule has 1 aliphatic heterocycles. The highest BCUT2D eigenvalue weighted by Gasteiger charge is 2.33. The van der Waals surface area contributed by atoms with Crippen molar-refractivity contribution >= 4 is 6.09 Å². The molecule has 0 saturated carbocycles. The molecule has 1 fully saturated rings. The molecule has 6 nitrogen and oxygen atoms in total. The molecule has 2 heterocycles. The molecule has 0 radical (unpaired) electrons. The van der Waals surface area contributed by atoms with Gasteiger partial charge in [0.05, 0.1) is 6.20 Å². The molecule has 6 heteroatoms. The highest BCUT2D eigenvalue weighted by atomic mass is 16.6. The van der Waals surface area contributed by atoms with Crippen molar-refractivity contribution in [3.05, 3.63) is 18.0 Å². The summed E-state index contributed by atoms with van der Waals surface area (Å²) in [5.41, 5.74) is 0.795. The van der Waals surface area contributed by atoms with Gasteiger partial charge in [-0.2, -0.15) is 5.10 Å². The average Bonchev–Trinajstić information content (AvgIpc) is 2.81. The van der Waals surface area contributed by atoms with Crippen LogP contribution in [0.15, 0.2) is 12.4 Å². The number of amides is 1. The van der Waals surface area contributed by atoms with Crippen LogP contribution in [0.4, 0.5) is 4.79 Å². The van der Waals surface area contributed by atoms with Crippen LogP contribution in [0.3, 0.4) is 0 Å². The van der Waals surface area contributed by atoms with Crippen molar-refractivity contribution in [2.75, 3.05) is 13.1 Å². The third-order valence-electron chi connectivity index (χ3n) is 4.00. The van der Waals surface area contributed by atoms with E-state index in [-0.39, 0.29) is 11.6 Å². The number of carbonyl (C=O) groups excluding carboxylic acids is 1. The van der Waals surface area contributed by atoms with Crippen LogP contribution in [0.5, 0.6) is 0 Å². The Morgan fingerprint density at radius 1 is 1.41 bits per heavy atom. The molecule has 0 spiro atoms. The fourth-order valence-electron chi connectivity index (χ4n) is 2.56. The minimum Gasteiger partial charge on any atom is -0.444 e. The molecule has 1 N–H and O–H groups in total. The van der Waals surface area contributed by atoms with Gasteiger partial charge in [0.15, 0.2) is 0 Å². The normalized spacial score (nSPS) is 18.3. The molecule has 1 aromatic rings. The zero-order valence-electron chi connectivity index (χ0n) is 14.3. The Morgan fingerprint density at radius 2 is 2.05 bits per heavy atom. The number of nitrogens with one attached hydrogen (secondary N) is 1. The molecule has 0 atom stereocenters. The van der Waals surface area contributed by atoms with Crippen molar-refractivity contribution < 1.29 is 9.53 Å². The fourth-order valence-corrected chi connectivity index (χ4v) is 2.56. The first kappa shape index (κ1) is 16.8. The van der Waals surface area contributed by atoms with E-state index in [0.717, 1.165) is 32.5 Å². The van der Waals surface area contributed by atoms with Gasteiger partial charge < -0.3 is 15.0 Å². The summed E-state index contributed by atoms with van der Waals surface area (Å²) in [6.45, 7) is 10.2. The van der Waals surface area contributed by atoms with Crippen LogP contribution in [0.25, 0.3) is 0 Å². The highest BCUT2D eigenvalue weighted by molar-refractivity contribution is 5.68. The smallest absolute Gasteiger partial charge is 0.410 e. The molecule has 2 rings (SSSR count). The Morgan fingerprint density at radius 3 is 2.55 bits per heavy atom. The molecule has 1 amide bonds. The van der Waals surface area contributed by atoms with Crippen molar-refractivity contribution in [2.24, 2.45) is 7.05 Å². The van der Waals surface area contributed by atoms with E-state index in [0.29, 0.717) is 0 Å². The fraction of sp³-hybridized carbons (Fsp3) is 0.750. The summed E-state index contributed by atoms with van der Waals surface area (Å²) < 4.78 is 7.24. The summed E-state index contributed by atoms with van der Waals surface area (Å²) in [6.07, 6.45) is 5.54. The quantitative estimate of drug-likeness (QED) is 0.931. The number of hydrogen-bond acceptors (Lipinski definition) is 4. The SMILES string of the molecule is Cn1cc(CNC2(C)CCN(C(=O)OC(C)(C)C)CC2)cn1. The molecule has 1 aliphatic rings. The van der Waals surface area contributed by atoms with E-state index < -0.39 is 5.60 Å². The van der Waals surface area contributed by atoms with Gasteiger partial charge in [-0.3, -0.25) is 4.68 Å². The molecule has 0 aliphatic carbocycles. The first-order chi connectivity index (χ1) is 10.2. The zero-order valence-corrected chi connectivity index (χ0v) is 14.3. The topological polar surface area (TPSA) is 59.4 Å². The maximum Gasteiger partial charge on any atom is 0.410 e. The lowest BCUT2D eigenvalue weighted by Crippen LogP contribution is -2.53. The number of rotatable bonds is 3. The zero-order chi connectivity index (χ0) is 16.4. The molecule has 0 bridgehead atoms. The Kier molecular flexibility index (Phi) is 4.80. The van der Waals surface area contributed by atoms with E-state index in [1.165, 1.54) is 5.56 Å². The van der Waals surface area contributed by atoms with E-state index in [9.17, 15) is 4.79 Å². The number of likely N-dealkylation sites (tertiary alicyclic amines) is 1. The summed E-state index contributed by atoms with van der Waals surface area (Å²) in [4.78, 5) is 13.9. The molecule has 0 unspecified atom stereocenters. The van der Waals surface area contributed by atoms with E-state index >= 15 is 0 Å². The molecule has 0 aromatic carbocycles. The highest BCUT2D eigenvalue weighted by Crippen LogP contribution is 2.23. The van der Waals surface area contributed by atoms with Gasteiger partial charge in [-0.1, -0.05) is 0 Å². The molecule has 1 aromatic heterocycles. The van der Waals surface area contributed by atoms with E-state index in [4.69, 9.17) is 4.74 Å². The number of piperidine rings is 1. The number of hydrogen-bond donors (Lipinski definition) is 1. The number of aromatic nitrogens is 2. The van der Waals surface area contributed by atoms with Gasteiger partial charge in [-0.25, -0.2) is 4.79 Å². The number of carbonyl (C=O) groups is 1. The van der Waals surface area contributed by atoms with Crippen molar-refractivity contribution in [2.45, 2.75) is 58.2 Å². The van der Waals surface area contributed by atoms with E-state index in [1.54, 1.807) is 4.90 Å². The maximum atomic E-state index is 12.1. The third kappa shape index (κ3) is 4.73. The molecule has 124 valence electrons. The standard InChI is InChI=1S/C16H28N4O2/c1-15(2,3)22-14(21)20-8-6-16(4,7-9-20)17-10-13-11-18-19(5)12-13/h11-12,17H,6-10H2,1-5H3. The first-order valence-corrected chi connectivity index (χ1v) is 7.87. The van der Waals surface area contributed by atoms with Crippen molar-refractivity contribution in [1.29, 1.82) is 0 Å². The summed E-state index contributed by atoms with van der Waals surface area (Å²) in [7, 11) is 1.92. The minimum absolute atomic E-state index is 0.0500. The number of aryl methyl sites for hydroxylation is 1. The second-order valence-electron chi connectivity index (χ2n) is 7.40. The van der Waals surface area contributed by atoms with Crippen molar-refractivity contribution in [3.8, 4) is 0 Å².